The summed E-state index contributed by atoms with van der Waals surface area (Å²) >= 11 is 6.18. The minimum Gasteiger partial charge on any atom is -0.295 e. The second-order valence-electron chi connectivity index (χ2n) is 5.57. The average Bonchev–Trinajstić information content (AvgIpc) is 2.74. The van der Waals surface area contributed by atoms with Gasteiger partial charge in [-0.15, -0.1) is 0 Å². The predicted octanol–water partition coefficient (Wildman–Crippen LogP) is 5.40. The van der Waals surface area contributed by atoms with Gasteiger partial charge in [-0.3, -0.25) is 4.57 Å². The zero-order valence-corrected chi connectivity index (χ0v) is 13.7. The van der Waals surface area contributed by atoms with E-state index in [1.165, 1.54) is 12.1 Å². The number of imidazole rings is 1. The Morgan fingerprint density at radius 2 is 1.48 bits per heavy atom. The Hall–Kier alpha value is -2.20. The highest BCUT2D eigenvalue weighted by atomic mass is 35.5. The summed E-state index contributed by atoms with van der Waals surface area (Å²) in [6, 6.07) is 10.2. The van der Waals surface area contributed by atoms with Crippen LogP contribution in [0.2, 0.25) is 5.15 Å². The van der Waals surface area contributed by atoms with E-state index in [1.807, 2.05) is 31.2 Å². The van der Waals surface area contributed by atoms with Crippen molar-refractivity contribution in [3.05, 3.63) is 70.1 Å². The van der Waals surface area contributed by atoms with Gasteiger partial charge in [-0.05, 0) is 50.6 Å². The smallest absolute Gasteiger partial charge is 0.155 e. The molecule has 0 aliphatic heterocycles. The van der Waals surface area contributed by atoms with Crippen molar-refractivity contribution in [2.75, 3.05) is 0 Å². The van der Waals surface area contributed by atoms with Crippen molar-refractivity contribution in [3.8, 4) is 16.9 Å². The molecule has 0 unspecified atom stereocenters. The first-order valence-corrected chi connectivity index (χ1v) is 7.54. The molecule has 118 valence electrons. The van der Waals surface area contributed by atoms with E-state index in [1.54, 1.807) is 18.4 Å². The maximum atomic E-state index is 14.4. The van der Waals surface area contributed by atoms with Gasteiger partial charge in [-0.25, -0.2) is 13.8 Å². The van der Waals surface area contributed by atoms with Crippen LogP contribution >= 0.6 is 11.6 Å². The van der Waals surface area contributed by atoms with Crippen molar-refractivity contribution in [3.63, 3.8) is 0 Å². The van der Waals surface area contributed by atoms with Crippen LogP contribution in [0.3, 0.4) is 0 Å². The SMILES string of the molecule is Cc1ccc(-n2c(C)nc(Cl)c2-c2c(F)cc(C)cc2F)cc1. The first kappa shape index (κ1) is 15.7. The standard InChI is InChI=1S/C18H15ClF2N2/c1-10-4-6-13(7-5-10)23-12(3)22-18(19)17(23)16-14(20)8-11(2)9-15(16)21/h4-9H,1-3H3. The average molecular weight is 333 g/mol. The zero-order chi connectivity index (χ0) is 16.7. The lowest BCUT2D eigenvalue weighted by Crippen LogP contribution is -2.02. The van der Waals surface area contributed by atoms with Crippen LogP contribution in [0.1, 0.15) is 17.0 Å². The van der Waals surface area contributed by atoms with Crippen molar-refractivity contribution in [1.82, 2.24) is 9.55 Å². The zero-order valence-electron chi connectivity index (χ0n) is 13.0. The third-order valence-electron chi connectivity index (χ3n) is 3.72. The van der Waals surface area contributed by atoms with Crippen molar-refractivity contribution in [2.24, 2.45) is 0 Å². The lowest BCUT2D eigenvalue weighted by Gasteiger charge is -2.13. The van der Waals surface area contributed by atoms with Crippen molar-refractivity contribution in [1.29, 1.82) is 0 Å². The summed E-state index contributed by atoms with van der Waals surface area (Å²) in [6.07, 6.45) is 0. The van der Waals surface area contributed by atoms with Crippen LogP contribution < -0.4 is 0 Å². The van der Waals surface area contributed by atoms with E-state index in [-0.39, 0.29) is 16.4 Å². The summed E-state index contributed by atoms with van der Waals surface area (Å²) in [5.74, 6) is -0.747. The molecule has 23 heavy (non-hydrogen) atoms. The summed E-state index contributed by atoms with van der Waals surface area (Å²) < 4.78 is 30.5. The van der Waals surface area contributed by atoms with E-state index < -0.39 is 11.6 Å². The Labute approximate surface area is 138 Å². The van der Waals surface area contributed by atoms with E-state index in [2.05, 4.69) is 4.98 Å². The number of hydrogen-bond donors (Lipinski definition) is 0. The van der Waals surface area contributed by atoms with Gasteiger partial charge in [0.1, 0.15) is 17.5 Å². The van der Waals surface area contributed by atoms with Gasteiger partial charge in [0, 0.05) is 5.69 Å². The highest BCUT2D eigenvalue weighted by Crippen LogP contribution is 2.35. The monoisotopic (exact) mass is 332 g/mol. The van der Waals surface area contributed by atoms with Crippen molar-refractivity contribution in [2.45, 2.75) is 20.8 Å². The van der Waals surface area contributed by atoms with E-state index >= 15 is 0 Å². The molecule has 2 nitrogen and oxygen atoms in total. The molecule has 1 aromatic heterocycles. The molecule has 0 saturated carbocycles. The molecular weight excluding hydrogens is 318 g/mol. The number of hydrogen-bond acceptors (Lipinski definition) is 1. The van der Waals surface area contributed by atoms with Crippen LogP contribution in [0.25, 0.3) is 16.9 Å². The molecule has 1 heterocycles. The molecule has 2 aromatic carbocycles. The van der Waals surface area contributed by atoms with Crippen LogP contribution in [0.15, 0.2) is 36.4 Å². The molecule has 3 rings (SSSR count). The Bertz CT molecular complexity index is 860. The second kappa shape index (κ2) is 5.78. The summed E-state index contributed by atoms with van der Waals surface area (Å²) in [5, 5.41) is 0.0738. The topological polar surface area (TPSA) is 17.8 Å². The molecule has 0 amide bonds. The van der Waals surface area contributed by atoms with Gasteiger partial charge in [0.15, 0.2) is 5.15 Å². The molecule has 0 aliphatic carbocycles. The number of halogens is 3. The Balaban J connectivity index is 2.32. The lowest BCUT2D eigenvalue weighted by atomic mass is 10.1. The van der Waals surface area contributed by atoms with Crippen LogP contribution in [0.4, 0.5) is 8.78 Å². The van der Waals surface area contributed by atoms with Crippen LogP contribution in [-0.4, -0.2) is 9.55 Å². The second-order valence-corrected chi connectivity index (χ2v) is 5.93. The molecule has 0 N–H and O–H groups in total. The molecule has 0 saturated heterocycles. The quantitative estimate of drug-likeness (QED) is 0.614. The van der Waals surface area contributed by atoms with E-state index in [4.69, 9.17) is 11.6 Å². The third-order valence-corrected chi connectivity index (χ3v) is 3.98. The van der Waals surface area contributed by atoms with Crippen molar-refractivity contribution >= 4 is 11.6 Å². The molecule has 0 atom stereocenters. The molecular formula is C18H15ClF2N2. The molecule has 5 heteroatoms. The third kappa shape index (κ3) is 2.75. The van der Waals surface area contributed by atoms with Crippen molar-refractivity contribution < 1.29 is 8.78 Å². The molecule has 0 bridgehead atoms. The van der Waals surface area contributed by atoms with Crippen LogP contribution in [0.5, 0.6) is 0 Å². The van der Waals surface area contributed by atoms with Gasteiger partial charge in [0.05, 0.1) is 11.3 Å². The summed E-state index contributed by atoms with van der Waals surface area (Å²) in [6.45, 7) is 5.36. The van der Waals surface area contributed by atoms with Gasteiger partial charge < -0.3 is 0 Å². The summed E-state index contributed by atoms with van der Waals surface area (Å²) in [5.41, 5.74) is 2.41. The van der Waals surface area contributed by atoms with Gasteiger partial charge in [0.25, 0.3) is 0 Å². The highest BCUT2D eigenvalue weighted by molar-refractivity contribution is 6.32. The van der Waals surface area contributed by atoms with Crippen LogP contribution in [0, 0.1) is 32.4 Å². The molecule has 0 aliphatic rings. The number of aromatic nitrogens is 2. The normalized spacial score (nSPS) is 11.0. The molecule has 3 aromatic rings. The highest BCUT2D eigenvalue weighted by Gasteiger charge is 2.23. The van der Waals surface area contributed by atoms with Gasteiger partial charge in [0.2, 0.25) is 0 Å². The summed E-state index contributed by atoms with van der Waals surface area (Å²) in [4.78, 5) is 4.19. The maximum Gasteiger partial charge on any atom is 0.155 e. The number of rotatable bonds is 2. The van der Waals surface area contributed by atoms with Gasteiger partial charge in [-0.2, -0.15) is 0 Å². The van der Waals surface area contributed by atoms with E-state index in [0.29, 0.717) is 11.4 Å². The van der Waals surface area contributed by atoms with E-state index in [0.717, 1.165) is 11.3 Å². The minimum absolute atomic E-state index is 0.0738. The lowest BCUT2D eigenvalue weighted by molar-refractivity contribution is 0.586. The first-order valence-electron chi connectivity index (χ1n) is 7.16. The maximum absolute atomic E-state index is 14.4. The van der Waals surface area contributed by atoms with Gasteiger partial charge >= 0.3 is 0 Å². The summed E-state index contributed by atoms with van der Waals surface area (Å²) in [7, 11) is 0. The number of aryl methyl sites for hydroxylation is 3. The predicted molar refractivity (Wildman–Crippen MR) is 88.1 cm³/mol. The Morgan fingerprint density at radius 1 is 0.913 bits per heavy atom. The first-order chi connectivity index (χ1) is 10.9. The Morgan fingerprint density at radius 3 is 2.04 bits per heavy atom. The Kier molecular flexibility index (Phi) is 3.94. The fraction of sp³-hybridized carbons (Fsp3) is 0.167. The van der Waals surface area contributed by atoms with Gasteiger partial charge in [-0.1, -0.05) is 29.3 Å². The van der Waals surface area contributed by atoms with Crippen LogP contribution in [-0.2, 0) is 0 Å². The number of nitrogens with zero attached hydrogens (tertiary/aromatic N) is 2. The largest absolute Gasteiger partial charge is 0.295 e. The molecule has 0 spiro atoms. The number of benzene rings is 2. The fourth-order valence-electron chi connectivity index (χ4n) is 2.65. The molecule has 0 fully saturated rings. The minimum atomic E-state index is -0.655. The fourth-order valence-corrected chi connectivity index (χ4v) is 2.95. The van der Waals surface area contributed by atoms with E-state index in [9.17, 15) is 8.78 Å². The molecule has 0 radical (unpaired) electrons.